The summed E-state index contributed by atoms with van der Waals surface area (Å²) >= 11 is 0. The van der Waals surface area contributed by atoms with Gasteiger partial charge in [0.05, 0.1) is 49.7 Å². The van der Waals surface area contributed by atoms with E-state index in [2.05, 4.69) is 384 Å². The third kappa shape index (κ3) is 10.9. The molecule has 18 aromatic carbocycles. The van der Waals surface area contributed by atoms with Crippen molar-refractivity contribution in [2.24, 2.45) is 0 Å². The zero-order valence-electron chi connectivity index (χ0n) is 67.8. The van der Waals surface area contributed by atoms with E-state index in [1.807, 2.05) is 0 Å². The van der Waals surface area contributed by atoms with Crippen LogP contribution in [0, 0.1) is 62.3 Å². The minimum atomic E-state index is -4.70. The molecule has 22 aromatic rings. The highest BCUT2D eigenvalue weighted by molar-refractivity contribution is 6.99. The van der Waals surface area contributed by atoms with Crippen molar-refractivity contribution in [2.75, 3.05) is 0 Å². The van der Waals surface area contributed by atoms with Gasteiger partial charge in [0.25, 0.3) is 0 Å². The number of alkyl halides is 3. The zero-order chi connectivity index (χ0) is 80.7. The molecule has 0 bridgehead atoms. The molecular formula is C110H81B2F3N4. The lowest BCUT2D eigenvalue weighted by molar-refractivity contribution is -0.137. The third-order valence-corrected chi connectivity index (χ3v) is 26.4. The predicted octanol–water partition coefficient (Wildman–Crippen LogP) is 25.1. The molecule has 0 fully saturated rings. The van der Waals surface area contributed by atoms with Gasteiger partial charge in [0, 0.05) is 65.8 Å². The zero-order valence-corrected chi connectivity index (χ0v) is 67.8. The molecule has 119 heavy (non-hydrogen) atoms. The molecular weight excluding hydrogens is 1460 g/mol. The normalized spacial score (nSPS) is 12.2. The minimum Gasteiger partial charge on any atom is -0.309 e. The van der Waals surface area contributed by atoms with Crippen molar-refractivity contribution in [2.45, 2.75) is 68.5 Å². The Morgan fingerprint density at radius 3 is 0.681 bits per heavy atom. The summed E-state index contributed by atoms with van der Waals surface area (Å²) in [4.78, 5) is 0. The van der Waals surface area contributed by atoms with Crippen molar-refractivity contribution < 1.29 is 13.2 Å². The third-order valence-electron chi connectivity index (χ3n) is 26.4. The number of para-hydroxylation sites is 8. The molecule has 0 amide bonds. The molecule has 4 nitrogen and oxygen atoms in total. The summed E-state index contributed by atoms with van der Waals surface area (Å²) in [6.45, 7) is 19.5. The predicted molar refractivity (Wildman–Crippen MR) is 501 cm³/mol. The van der Waals surface area contributed by atoms with Crippen molar-refractivity contribution in [3.8, 4) is 45.0 Å². The number of rotatable bonds is 12. The van der Waals surface area contributed by atoms with E-state index < -0.39 is 25.2 Å². The highest BCUT2D eigenvalue weighted by atomic mass is 19.4. The lowest BCUT2D eigenvalue weighted by Gasteiger charge is -2.30. The number of hydrogen-bond acceptors (Lipinski definition) is 0. The monoisotopic (exact) mass is 1540 g/mol. The van der Waals surface area contributed by atoms with Gasteiger partial charge in [-0.3, -0.25) is 0 Å². The fraction of sp³-hybridized carbons (Fsp3) is 0.0909. The summed E-state index contributed by atoms with van der Waals surface area (Å²) in [7, 11) is 0. The highest BCUT2D eigenvalue weighted by Crippen LogP contribution is 2.47. The molecule has 0 spiro atoms. The molecule has 0 saturated carbocycles. The first-order valence-corrected chi connectivity index (χ1v) is 41.4. The van der Waals surface area contributed by atoms with Crippen LogP contribution in [0.3, 0.4) is 0 Å². The first kappa shape index (κ1) is 71.6. The fourth-order valence-electron chi connectivity index (χ4n) is 21.7. The van der Waals surface area contributed by atoms with Crippen molar-refractivity contribution in [3.63, 3.8) is 0 Å². The van der Waals surface area contributed by atoms with Gasteiger partial charge in [-0.1, -0.05) is 302 Å². The van der Waals surface area contributed by atoms with E-state index in [0.717, 1.165) is 182 Å². The van der Waals surface area contributed by atoms with Crippen LogP contribution in [-0.4, -0.2) is 31.7 Å². The Labute approximate surface area is 689 Å². The van der Waals surface area contributed by atoms with Gasteiger partial charge in [-0.15, -0.1) is 0 Å². The van der Waals surface area contributed by atoms with E-state index in [4.69, 9.17) is 0 Å². The van der Waals surface area contributed by atoms with Crippen LogP contribution in [0.5, 0.6) is 0 Å². The van der Waals surface area contributed by atoms with Crippen LogP contribution in [0.15, 0.2) is 328 Å². The smallest absolute Gasteiger partial charge is 0.309 e. The summed E-state index contributed by atoms with van der Waals surface area (Å²) in [6.07, 6.45) is -4.70. The van der Waals surface area contributed by atoms with E-state index in [-0.39, 0.29) is 5.56 Å². The second-order valence-electron chi connectivity index (χ2n) is 33.3. The number of nitrogens with zero attached hydrogens (tertiary/aromatic N) is 4. The van der Waals surface area contributed by atoms with Crippen LogP contribution < -0.4 is 32.8 Å². The van der Waals surface area contributed by atoms with Crippen LogP contribution in [0.2, 0.25) is 0 Å². The maximum absolute atomic E-state index is 16.6. The lowest BCUT2D eigenvalue weighted by atomic mass is 9.33. The summed E-state index contributed by atoms with van der Waals surface area (Å²) in [6, 6.07) is 117. The number of halogens is 3. The summed E-state index contributed by atoms with van der Waals surface area (Å²) in [5.74, 6) is 0. The average Bonchev–Trinajstić information content (AvgIpc) is 1.47. The maximum atomic E-state index is 16.6. The molecule has 0 aliphatic heterocycles. The SMILES string of the molecule is Cc1ccccc1-c1cc(B(c2c(C)cc(-n3c4ccccc4c4ccccc43)cc2C)c2c(C)cc(-n3c4ccccc4c4ccccc43)cc2C)c2ccc3c(-c4ccccc4C(F)(F)F)cc(B(c4c(C)cc(-n5c6ccccc6c6ccccc65)cc4C)c4c(C)cc(-n5c6ccccc6c6ccccc65)cc4C)c4ccc1c2c43. The lowest BCUT2D eigenvalue weighted by Crippen LogP contribution is -2.56. The first-order chi connectivity index (χ1) is 57.9. The molecule has 0 N–H and O–H groups in total. The number of hydrogen-bond donors (Lipinski definition) is 0. The Morgan fingerprint density at radius 1 is 0.202 bits per heavy atom. The van der Waals surface area contributed by atoms with E-state index in [1.165, 1.54) is 66.1 Å². The largest absolute Gasteiger partial charge is 0.417 e. The first-order valence-electron chi connectivity index (χ1n) is 41.4. The summed E-state index contributed by atoms with van der Waals surface area (Å²) in [5.41, 5.74) is 31.9. The molecule has 568 valence electrons. The van der Waals surface area contributed by atoms with Crippen LogP contribution in [0.25, 0.3) is 165 Å². The quantitative estimate of drug-likeness (QED) is 0.0858. The Balaban J connectivity index is 0.868. The van der Waals surface area contributed by atoms with E-state index in [9.17, 15) is 0 Å². The molecule has 0 aliphatic carbocycles. The molecule has 22 rings (SSSR count). The molecule has 0 unspecified atom stereocenters. The minimum absolute atomic E-state index is 0.129. The molecule has 0 aliphatic rings. The van der Waals surface area contributed by atoms with Crippen molar-refractivity contribution in [1.29, 1.82) is 0 Å². The molecule has 0 radical (unpaired) electrons. The second kappa shape index (κ2) is 27.1. The molecule has 4 heterocycles. The van der Waals surface area contributed by atoms with Crippen LogP contribution in [-0.2, 0) is 6.18 Å². The molecule has 0 atom stereocenters. The van der Waals surface area contributed by atoms with Crippen molar-refractivity contribution in [3.05, 3.63) is 383 Å². The van der Waals surface area contributed by atoms with Crippen molar-refractivity contribution >= 4 is 166 Å². The van der Waals surface area contributed by atoms with E-state index in [0.29, 0.717) is 5.56 Å². The Hall–Kier alpha value is -13.9. The van der Waals surface area contributed by atoms with Crippen molar-refractivity contribution in [1.82, 2.24) is 18.3 Å². The number of aryl methyl sites for hydroxylation is 9. The van der Waals surface area contributed by atoms with Gasteiger partial charge in [-0.05, 0) is 226 Å². The van der Waals surface area contributed by atoms with Gasteiger partial charge in [0.15, 0.2) is 0 Å². The Kier molecular flexibility index (Phi) is 16.3. The second-order valence-corrected chi connectivity index (χ2v) is 33.3. The molecule has 0 saturated heterocycles. The van der Waals surface area contributed by atoms with Gasteiger partial charge in [0.1, 0.15) is 0 Å². The summed E-state index contributed by atoms with van der Waals surface area (Å²) in [5, 5.41) is 15.2. The van der Waals surface area contributed by atoms with E-state index in [1.54, 1.807) is 12.1 Å². The van der Waals surface area contributed by atoms with Crippen LogP contribution in [0.4, 0.5) is 13.2 Å². The number of fused-ring (bicyclic) bond motifs is 12. The van der Waals surface area contributed by atoms with Gasteiger partial charge in [0.2, 0.25) is 13.4 Å². The average molecular weight is 1540 g/mol. The number of aromatic nitrogens is 4. The van der Waals surface area contributed by atoms with Gasteiger partial charge in [-0.25, -0.2) is 0 Å². The van der Waals surface area contributed by atoms with Crippen LogP contribution in [0.1, 0.15) is 55.6 Å². The Morgan fingerprint density at radius 2 is 0.420 bits per heavy atom. The maximum Gasteiger partial charge on any atom is 0.417 e. The fourth-order valence-corrected chi connectivity index (χ4v) is 21.7. The summed E-state index contributed by atoms with van der Waals surface area (Å²) < 4.78 is 59.4. The standard InChI is InChI=1S/C110H81B2F3N4/c1-64-30-10-11-31-77(64)91-62-94(111(106-65(2)54-73(55-66(106)3)116-96-42-22-13-33-79(96)80-34-14-23-43-97(80)116)107-67(4)56-74(57-68(107)5)117-98-44-24-15-35-81(98)82-36-16-25-45-99(82)117)89-53-51-88-92(78-32-12-21-41-93(78)110(113,114)115)63-95(90-52-50-87(91)104(89)105(88)90)112(108-69(6)58-75(59-70(108)7)118-100-46-26-17-37-83(100)84-38-18-27-47-101(84)118)109-71(8)60-76(61-72(109)9)119-102-48-28-19-39-85(102)86-40-20-29-49-103(86)119/h10-63H,1-9H3. The van der Waals surface area contributed by atoms with Gasteiger partial charge in [-0.2, -0.15) is 13.2 Å². The van der Waals surface area contributed by atoms with Gasteiger partial charge >= 0.3 is 6.18 Å². The highest BCUT2D eigenvalue weighted by Gasteiger charge is 2.39. The molecule has 9 heteroatoms. The van der Waals surface area contributed by atoms with E-state index >= 15 is 13.2 Å². The Bertz CT molecular complexity index is 7420. The topological polar surface area (TPSA) is 19.7 Å². The molecule has 4 aromatic heterocycles. The van der Waals surface area contributed by atoms with Gasteiger partial charge < -0.3 is 18.3 Å². The van der Waals surface area contributed by atoms with Crippen LogP contribution >= 0.6 is 0 Å². The number of benzene rings is 18.